The molecule has 3 N–H and O–H groups in total. The molecule has 0 unspecified atom stereocenters. The summed E-state index contributed by atoms with van der Waals surface area (Å²) >= 11 is 11.9. The highest BCUT2D eigenvalue weighted by Gasteiger charge is 2.22. The summed E-state index contributed by atoms with van der Waals surface area (Å²) in [6.07, 6.45) is 0. The fourth-order valence-electron chi connectivity index (χ4n) is 1.83. The molecule has 112 valence electrons. The molecule has 1 aromatic carbocycles. The fourth-order valence-corrected chi connectivity index (χ4v) is 2.15. The van der Waals surface area contributed by atoms with Crippen molar-refractivity contribution in [1.29, 1.82) is 0 Å². The van der Waals surface area contributed by atoms with E-state index in [-0.39, 0.29) is 23.7 Å². The van der Waals surface area contributed by atoms with Gasteiger partial charge in [-0.3, -0.25) is 9.89 Å². The Morgan fingerprint density at radius 1 is 1.38 bits per heavy atom. The Hall–Kier alpha value is -1.79. The normalized spacial score (nSPS) is 10.9. The van der Waals surface area contributed by atoms with Crippen LogP contribution < -0.4 is 5.73 Å². The second-order valence-electron chi connectivity index (χ2n) is 4.82. The first-order valence-electron chi connectivity index (χ1n) is 6.31. The van der Waals surface area contributed by atoms with Crippen molar-refractivity contribution in [3.05, 3.63) is 39.6 Å². The summed E-state index contributed by atoms with van der Waals surface area (Å²) in [5, 5.41) is 7.12. The third-order valence-corrected chi connectivity index (χ3v) is 3.67. The Kier molecular flexibility index (Phi) is 4.69. The minimum atomic E-state index is -0.278. The van der Waals surface area contributed by atoms with E-state index in [1.165, 1.54) is 0 Å². The van der Waals surface area contributed by atoms with Crippen LogP contribution in [0.15, 0.2) is 18.2 Å². The molecule has 2 aromatic rings. The number of rotatable bonds is 4. The van der Waals surface area contributed by atoms with Gasteiger partial charge in [-0.2, -0.15) is 4.98 Å². The first kappa shape index (κ1) is 15.6. The summed E-state index contributed by atoms with van der Waals surface area (Å²) in [6, 6.07) is 5.24. The number of halogens is 2. The van der Waals surface area contributed by atoms with Gasteiger partial charge < -0.3 is 10.6 Å². The summed E-state index contributed by atoms with van der Waals surface area (Å²) in [4.78, 5) is 17.9. The van der Waals surface area contributed by atoms with Crippen molar-refractivity contribution in [3.8, 4) is 0 Å². The van der Waals surface area contributed by atoms with Gasteiger partial charge in [-0.25, -0.2) is 0 Å². The number of aromatic amines is 1. The van der Waals surface area contributed by atoms with Crippen LogP contribution in [0.2, 0.25) is 10.0 Å². The van der Waals surface area contributed by atoms with E-state index in [4.69, 9.17) is 28.9 Å². The van der Waals surface area contributed by atoms with Gasteiger partial charge in [-0.05, 0) is 31.5 Å². The first-order valence-corrected chi connectivity index (χ1v) is 7.07. The number of H-pyrrole nitrogens is 1. The zero-order chi connectivity index (χ0) is 15.6. The van der Waals surface area contributed by atoms with Crippen LogP contribution >= 0.6 is 23.2 Å². The van der Waals surface area contributed by atoms with Gasteiger partial charge in [0.05, 0.1) is 10.0 Å². The Morgan fingerprint density at radius 2 is 2.10 bits per heavy atom. The Bertz CT molecular complexity index is 656. The Balaban J connectivity index is 2.23. The number of anilines is 1. The molecule has 1 heterocycles. The van der Waals surface area contributed by atoms with Gasteiger partial charge in [0.1, 0.15) is 0 Å². The lowest BCUT2D eigenvalue weighted by atomic mass is 10.2. The van der Waals surface area contributed by atoms with Crippen molar-refractivity contribution in [2.45, 2.75) is 26.4 Å². The van der Waals surface area contributed by atoms with E-state index in [1.807, 2.05) is 19.9 Å². The van der Waals surface area contributed by atoms with Crippen molar-refractivity contribution >= 4 is 35.1 Å². The smallest absolute Gasteiger partial charge is 0.291 e. The second kappa shape index (κ2) is 6.32. The van der Waals surface area contributed by atoms with Crippen LogP contribution in [0, 0.1) is 0 Å². The third kappa shape index (κ3) is 3.65. The van der Waals surface area contributed by atoms with Crippen molar-refractivity contribution in [2.24, 2.45) is 0 Å². The number of aromatic nitrogens is 3. The number of benzene rings is 1. The topological polar surface area (TPSA) is 87.9 Å². The SMILES string of the molecule is CC(C)N(Cc1ccc(Cl)c(Cl)c1)C(=O)c1nc(N)n[nH]1. The highest BCUT2D eigenvalue weighted by molar-refractivity contribution is 6.42. The lowest BCUT2D eigenvalue weighted by Crippen LogP contribution is -2.37. The molecule has 1 amide bonds. The minimum absolute atomic E-state index is 0.0294. The second-order valence-corrected chi connectivity index (χ2v) is 5.63. The first-order chi connectivity index (χ1) is 9.88. The van der Waals surface area contributed by atoms with E-state index in [0.717, 1.165) is 5.56 Å². The lowest BCUT2D eigenvalue weighted by molar-refractivity contribution is 0.0678. The average molecular weight is 328 g/mol. The number of amides is 1. The summed E-state index contributed by atoms with van der Waals surface area (Å²) in [7, 11) is 0. The molecule has 0 fully saturated rings. The summed E-state index contributed by atoms with van der Waals surface area (Å²) in [6.45, 7) is 4.21. The summed E-state index contributed by atoms with van der Waals surface area (Å²) < 4.78 is 0. The van der Waals surface area contributed by atoms with Crippen LogP contribution in [0.25, 0.3) is 0 Å². The van der Waals surface area contributed by atoms with Gasteiger partial charge in [-0.15, -0.1) is 5.10 Å². The van der Waals surface area contributed by atoms with Gasteiger partial charge in [0.2, 0.25) is 11.8 Å². The van der Waals surface area contributed by atoms with Gasteiger partial charge in [0.25, 0.3) is 5.91 Å². The molecule has 6 nitrogen and oxygen atoms in total. The number of hydrogen-bond donors (Lipinski definition) is 2. The van der Waals surface area contributed by atoms with Gasteiger partial charge in [0, 0.05) is 12.6 Å². The number of nitrogen functional groups attached to an aromatic ring is 1. The molecule has 0 spiro atoms. The van der Waals surface area contributed by atoms with E-state index in [9.17, 15) is 4.79 Å². The molecule has 0 radical (unpaired) electrons. The minimum Gasteiger partial charge on any atom is -0.366 e. The quantitative estimate of drug-likeness (QED) is 0.903. The third-order valence-electron chi connectivity index (χ3n) is 2.93. The van der Waals surface area contributed by atoms with Crippen molar-refractivity contribution < 1.29 is 4.79 Å². The summed E-state index contributed by atoms with van der Waals surface area (Å²) in [5.74, 6) is -0.127. The molecule has 2 rings (SSSR count). The zero-order valence-electron chi connectivity index (χ0n) is 11.6. The monoisotopic (exact) mass is 327 g/mol. The van der Waals surface area contributed by atoms with Crippen molar-refractivity contribution in [2.75, 3.05) is 5.73 Å². The van der Waals surface area contributed by atoms with Crippen LogP contribution in [0.4, 0.5) is 5.95 Å². The molecule has 0 aliphatic heterocycles. The molecule has 0 saturated heterocycles. The Morgan fingerprint density at radius 3 is 2.62 bits per heavy atom. The van der Waals surface area contributed by atoms with E-state index in [1.54, 1.807) is 17.0 Å². The zero-order valence-corrected chi connectivity index (χ0v) is 13.1. The lowest BCUT2D eigenvalue weighted by Gasteiger charge is -2.26. The maximum absolute atomic E-state index is 12.4. The van der Waals surface area contributed by atoms with Gasteiger partial charge in [0.15, 0.2) is 0 Å². The van der Waals surface area contributed by atoms with E-state index >= 15 is 0 Å². The molecular formula is C13H15Cl2N5O. The van der Waals surface area contributed by atoms with Crippen LogP contribution in [-0.2, 0) is 6.54 Å². The molecule has 0 aliphatic carbocycles. The van der Waals surface area contributed by atoms with Gasteiger partial charge >= 0.3 is 0 Å². The van der Waals surface area contributed by atoms with Gasteiger partial charge in [-0.1, -0.05) is 29.3 Å². The van der Waals surface area contributed by atoms with Crippen LogP contribution in [0.1, 0.15) is 30.0 Å². The Labute approximate surface area is 132 Å². The number of nitrogens with one attached hydrogen (secondary N) is 1. The standard InChI is InChI=1S/C13H15Cl2N5O/c1-7(2)20(12(21)11-17-13(16)19-18-11)6-8-3-4-9(14)10(15)5-8/h3-5,7H,6H2,1-2H3,(H3,16,17,18,19). The molecule has 8 heteroatoms. The highest BCUT2D eigenvalue weighted by Crippen LogP contribution is 2.24. The maximum Gasteiger partial charge on any atom is 0.291 e. The van der Waals surface area contributed by atoms with Crippen LogP contribution in [-0.4, -0.2) is 32.0 Å². The number of hydrogen-bond acceptors (Lipinski definition) is 4. The molecule has 0 aliphatic rings. The molecule has 21 heavy (non-hydrogen) atoms. The highest BCUT2D eigenvalue weighted by atomic mass is 35.5. The van der Waals surface area contributed by atoms with Crippen LogP contribution in [0.3, 0.4) is 0 Å². The number of carbonyl (C=O) groups excluding carboxylic acids is 1. The van der Waals surface area contributed by atoms with E-state index in [0.29, 0.717) is 16.6 Å². The summed E-state index contributed by atoms with van der Waals surface area (Å²) in [5.41, 5.74) is 6.30. The van der Waals surface area contributed by atoms with E-state index < -0.39 is 0 Å². The molecule has 0 saturated carbocycles. The molecule has 0 bridgehead atoms. The maximum atomic E-state index is 12.4. The van der Waals surface area contributed by atoms with E-state index in [2.05, 4.69) is 15.2 Å². The molecule has 1 aromatic heterocycles. The number of nitrogens with zero attached hydrogens (tertiary/aromatic N) is 3. The molecule has 0 atom stereocenters. The van der Waals surface area contributed by atoms with Crippen molar-refractivity contribution in [1.82, 2.24) is 20.1 Å². The van der Waals surface area contributed by atoms with Crippen molar-refractivity contribution in [3.63, 3.8) is 0 Å². The largest absolute Gasteiger partial charge is 0.366 e. The average Bonchev–Trinajstić information content (AvgIpc) is 2.85. The van der Waals surface area contributed by atoms with Crippen LogP contribution in [0.5, 0.6) is 0 Å². The molecular weight excluding hydrogens is 313 g/mol. The number of carbonyl (C=O) groups is 1. The predicted octanol–water partition coefficient (Wildman–Crippen LogP) is 2.74. The fraction of sp³-hybridized carbons (Fsp3) is 0.308. The number of nitrogens with two attached hydrogens (primary N) is 1. The predicted molar refractivity (Wildman–Crippen MR) is 82.3 cm³/mol.